The van der Waals surface area contributed by atoms with Crippen molar-refractivity contribution in [1.82, 2.24) is 5.01 Å². The van der Waals surface area contributed by atoms with Gasteiger partial charge in [0.1, 0.15) is 11.5 Å². The number of fused-ring (bicyclic) bond motifs is 1. The van der Waals surface area contributed by atoms with Crippen molar-refractivity contribution in [2.45, 2.75) is 26.7 Å². The Kier molecular flexibility index (Phi) is 4.72. The molecular formula is C21H24N2O4. The lowest BCUT2D eigenvalue weighted by Crippen LogP contribution is -2.38. The van der Waals surface area contributed by atoms with Gasteiger partial charge in [0.15, 0.2) is 0 Å². The number of carbonyl (C=O) groups excluding carboxylic acids is 2. The average Bonchev–Trinajstić information content (AvgIpc) is 2.95. The number of imide groups is 1. The maximum atomic E-state index is 12.8. The Labute approximate surface area is 158 Å². The van der Waals surface area contributed by atoms with E-state index in [0.29, 0.717) is 30.3 Å². The van der Waals surface area contributed by atoms with E-state index in [1.807, 2.05) is 26.0 Å². The number of rotatable bonds is 6. The van der Waals surface area contributed by atoms with Gasteiger partial charge in [0.25, 0.3) is 11.8 Å². The highest BCUT2D eigenvalue weighted by molar-refractivity contribution is 6.06. The van der Waals surface area contributed by atoms with Crippen molar-refractivity contribution < 1.29 is 19.1 Å². The minimum atomic E-state index is -0.245. The summed E-state index contributed by atoms with van der Waals surface area (Å²) in [5.41, 5.74) is 0.705. The zero-order chi connectivity index (χ0) is 19.0. The van der Waals surface area contributed by atoms with Gasteiger partial charge in [-0.15, -0.1) is 0 Å². The van der Waals surface area contributed by atoms with Crippen molar-refractivity contribution in [3.05, 3.63) is 35.9 Å². The van der Waals surface area contributed by atoms with Gasteiger partial charge in [-0.3, -0.25) is 9.59 Å². The van der Waals surface area contributed by atoms with Crippen molar-refractivity contribution in [2.24, 2.45) is 28.8 Å². The summed E-state index contributed by atoms with van der Waals surface area (Å²) in [6.45, 7) is 4.88. The molecule has 2 fully saturated rings. The van der Waals surface area contributed by atoms with E-state index >= 15 is 0 Å². The van der Waals surface area contributed by atoms with Crippen LogP contribution in [0.3, 0.4) is 0 Å². The number of allylic oxidation sites excluding steroid dienone is 2. The summed E-state index contributed by atoms with van der Waals surface area (Å²) in [6.07, 6.45) is 7.70. The highest BCUT2D eigenvalue weighted by atomic mass is 16.5. The number of hydrazone groups is 1. The summed E-state index contributed by atoms with van der Waals surface area (Å²) in [7, 11) is 0. The standard InChI is InChI=1S/C21H24N2O4/c1-3-26-16-10-9-15(17(11-16)27-4-2)12-22-23-20(24)18-13-5-6-14(8-7-13)19(18)21(23)25/h5-6,9-14,18-19H,3-4,7-8H2,1-2H3/b22-12-/t13-,14-,18+,19+/m0/s1. The quantitative estimate of drug-likeness (QED) is 0.440. The number of hydrogen-bond acceptors (Lipinski definition) is 5. The highest BCUT2D eigenvalue weighted by Crippen LogP contribution is 2.49. The molecule has 4 aliphatic rings. The fourth-order valence-corrected chi connectivity index (χ4v) is 4.45. The van der Waals surface area contributed by atoms with E-state index in [9.17, 15) is 9.59 Å². The highest BCUT2D eigenvalue weighted by Gasteiger charge is 2.56. The first kappa shape index (κ1) is 17.8. The van der Waals surface area contributed by atoms with E-state index in [1.165, 1.54) is 6.21 Å². The minimum Gasteiger partial charge on any atom is -0.494 e. The number of nitrogens with zero attached hydrogens (tertiary/aromatic N) is 2. The number of ether oxygens (including phenoxy) is 2. The summed E-state index contributed by atoms with van der Waals surface area (Å²) >= 11 is 0. The summed E-state index contributed by atoms with van der Waals surface area (Å²) in [5, 5.41) is 5.32. The maximum absolute atomic E-state index is 12.8. The number of benzene rings is 1. The Morgan fingerprint density at radius 1 is 1.04 bits per heavy atom. The molecule has 1 aromatic carbocycles. The van der Waals surface area contributed by atoms with Crippen LogP contribution in [0, 0.1) is 23.7 Å². The fourth-order valence-electron chi connectivity index (χ4n) is 4.45. The average molecular weight is 368 g/mol. The van der Waals surface area contributed by atoms with Gasteiger partial charge < -0.3 is 9.47 Å². The van der Waals surface area contributed by atoms with Crippen LogP contribution in [0.4, 0.5) is 0 Å². The molecule has 0 aromatic heterocycles. The van der Waals surface area contributed by atoms with E-state index in [2.05, 4.69) is 17.3 Å². The van der Waals surface area contributed by atoms with Gasteiger partial charge in [-0.25, -0.2) is 0 Å². The topological polar surface area (TPSA) is 68.2 Å². The molecule has 0 N–H and O–H groups in total. The molecule has 4 atom stereocenters. The molecule has 1 aliphatic heterocycles. The zero-order valence-corrected chi connectivity index (χ0v) is 15.6. The molecular weight excluding hydrogens is 344 g/mol. The van der Waals surface area contributed by atoms with Crippen molar-refractivity contribution in [1.29, 1.82) is 0 Å². The van der Waals surface area contributed by atoms with Crippen LogP contribution in [0.5, 0.6) is 11.5 Å². The van der Waals surface area contributed by atoms with Crippen LogP contribution >= 0.6 is 0 Å². The van der Waals surface area contributed by atoms with E-state index in [-0.39, 0.29) is 35.5 Å². The maximum Gasteiger partial charge on any atom is 0.254 e. The van der Waals surface area contributed by atoms with Gasteiger partial charge >= 0.3 is 0 Å². The van der Waals surface area contributed by atoms with Crippen molar-refractivity contribution in [3.8, 4) is 11.5 Å². The molecule has 0 spiro atoms. The molecule has 1 saturated heterocycles. The third-order valence-corrected chi connectivity index (χ3v) is 5.64. The Balaban J connectivity index is 1.58. The van der Waals surface area contributed by atoms with Gasteiger partial charge in [0, 0.05) is 11.6 Å². The smallest absolute Gasteiger partial charge is 0.254 e. The Hall–Kier alpha value is -2.63. The first-order valence-electron chi connectivity index (χ1n) is 9.63. The third-order valence-electron chi connectivity index (χ3n) is 5.64. The first-order chi connectivity index (χ1) is 13.1. The Bertz CT molecular complexity index is 784. The van der Waals surface area contributed by atoms with Crippen LogP contribution in [0.15, 0.2) is 35.5 Å². The molecule has 27 heavy (non-hydrogen) atoms. The monoisotopic (exact) mass is 368 g/mol. The molecule has 142 valence electrons. The van der Waals surface area contributed by atoms with Gasteiger partial charge in [-0.05, 0) is 50.7 Å². The SMILES string of the molecule is CCOc1ccc(/C=N\N2C(=O)[C@H]3[C@H](C2=O)[C@H]2C=C[C@H]3CC2)c(OCC)c1. The van der Waals surface area contributed by atoms with Crippen molar-refractivity contribution in [3.63, 3.8) is 0 Å². The van der Waals surface area contributed by atoms with Crippen molar-refractivity contribution in [2.75, 3.05) is 13.2 Å². The van der Waals surface area contributed by atoms with Gasteiger partial charge in [-0.1, -0.05) is 12.2 Å². The lowest BCUT2D eigenvalue weighted by molar-refractivity contribution is -0.140. The largest absolute Gasteiger partial charge is 0.494 e. The molecule has 3 aliphatic carbocycles. The van der Waals surface area contributed by atoms with Gasteiger partial charge in [0.05, 0.1) is 31.3 Å². The number of carbonyl (C=O) groups is 2. The van der Waals surface area contributed by atoms with Crippen LogP contribution in [-0.2, 0) is 9.59 Å². The second-order valence-electron chi connectivity index (χ2n) is 7.14. The molecule has 1 saturated carbocycles. The van der Waals surface area contributed by atoms with E-state index in [4.69, 9.17) is 9.47 Å². The number of amides is 2. The zero-order valence-electron chi connectivity index (χ0n) is 15.6. The minimum absolute atomic E-state index is 0.168. The van der Waals surface area contributed by atoms with E-state index in [1.54, 1.807) is 6.07 Å². The van der Waals surface area contributed by atoms with Crippen molar-refractivity contribution >= 4 is 18.0 Å². The predicted octanol–water partition coefficient (Wildman–Crippen LogP) is 3.02. The molecule has 6 heteroatoms. The molecule has 0 unspecified atom stereocenters. The summed E-state index contributed by atoms with van der Waals surface area (Å²) in [4.78, 5) is 25.6. The molecule has 2 bridgehead atoms. The summed E-state index contributed by atoms with van der Waals surface area (Å²) in [6, 6.07) is 5.44. The van der Waals surface area contributed by atoms with Gasteiger partial charge in [0.2, 0.25) is 0 Å². The molecule has 6 nitrogen and oxygen atoms in total. The fraction of sp³-hybridized carbons (Fsp3) is 0.476. The molecule has 1 heterocycles. The summed E-state index contributed by atoms with van der Waals surface area (Å²) < 4.78 is 11.2. The van der Waals surface area contributed by atoms with Crippen LogP contribution in [-0.4, -0.2) is 36.3 Å². The lowest BCUT2D eigenvalue weighted by Gasteiger charge is -2.37. The van der Waals surface area contributed by atoms with Crippen LogP contribution in [0.25, 0.3) is 0 Å². The van der Waals surface area contributed by atoms with Crippen LogP contribution in [0.2, 0.25) is 0 Å². The van der Waals surface area contributed by atoms with E-state index in [0.717, 1.165) is 17.9 Å². The van der Waals surface area contributed by atoms with Crippen LogP contribution < -0.4 is 9.47 Å². The van der Waals surface area contributed by atoms with Gasteiger partial charge in [-0.2, -0.15) is 10.1 Å². The molecule has 2 amide bonds. The first-order valence-corrected chi connectivity index (χ1v) is 9.63. The van der Waals surface area contributed by atoms with Crippen LogP contribution in [0.1, 0.15) is 32.3 Å². The summed E-state index contributed by atoms with van der Waals surface area (Å²) in [5.74, 6) is 0.816. The lowest BCUT2D eigenvalue weighted by atomic mass is 9.63. The predicted molar refractivity (Wildman–Crippen MR) is 101 cm³/mol. The second-order valence-corrected chi connectivity index (χ2v) is 7.14. The Morgan fingerprint density at radius 2 is 1.67 bits per heavy atom. The molecule has 5 rings (SSSR count). The molecule has 1 aromatic rings. The van der Waals surface area contributed by atoms with E-state index < -0.39 is 0 Å². The normalized spacial score (nSPS) is 28.9. The molecule has 0 radical (unpaired) electrons. The second kappa shape index (κ2) is 7.18. The third kappa shape index (κ3) is 3.03. The number of hydrogen-bond donors (Lipinski definition) is 0. The Morgan fingerprint density at radius 3 is 2.22 bits per heavy atom.